The number of morpholine rings is 1. The zero-order valence-corrected chi connectivity index (χ0v) is 16.5. The minimum absolute atomic E-state index is 0.0428. The molecular formula is C22H26N2O5. The summed E-state index contributed by atoms with van der Waals surface area (Å²) < 4.78 is 16.3. The second-order valence-electron chi connectivity index (χ2n) is 8.08. The number of ether oxygens (including phenoxy) is 3. The van der Waals surface area contributed by atoms with Gasteiger partial charge in [-0.3, -0.25) is 14.5 Å². The minimum atomic E-state index is -0.258. The van der Waals surface area contributed by atoms with Gasteiger partial charge in [0.1, 0.15) is 0 Å². The van der Waals surface area contributed by atoms with Crippen molar-refractivity contribution in [2.45, 2.75) is 32.2 Å². The fraction of sp³-hybridized carbons (Fsp3) is 0.545. The number of imide groups is 1. The third kappa shape index (κ3) is 3.48. The van der Waals surface area contributed by atoms with Crippen LogP contribution in [0.3, 0.4) is 0 Å². The molecule has 0 spiro atoms. The topological polar surface area (TPSA) is 68.3 Å². The van der Waals surface area contributed by atoms with E-state index in [4.69, 9.17) is 14.2 Å². The Hall–Kier alpha value is -2.54. The largest absolute Gasteiger partial charge is 0.454 e. The first kappa shape index (κ1) is 18.5. The fourth-order valence-corrected chi connectivity index (χ4v) is 4.89. The van der Waals surface area contributed by atoms with E-state index in [2.05, 4.69) is 11.0 Å². The molecule has 5 rings (SSSR count). The molecule has 29 heavy (non-hydrogen) atoms. The molecule has 0 radical (unpaired) electrons. The lowest BCUT2D eigenvalue weighted by molar-refractivity contribution is -0.140. The van der Waals surface area contributed by atoms with Gasteiger partial charge in [-0.2, -0.15) is 0 Å². The molecule has 0 N–H and O–H groups in total. The van der Waals surface area contributed by atoms with Gasteiger partial charge in [-0.1, -0.05) is 12.1 Å². The lowest BCUT2D eigenvalue weighted by Gasteiger charge is -2.38. The van der Waals surface area contributed by atoms with E-state index in [9.17, 15) is 9.59 Å². The SMILES string of the molecule is O=C1C[C@H]([C@@H]2CCCC=C2N2CCOCC2)C(=O)N1Cc1ccc2c(c1)OCO2. The van der Waals surface area contributed by atoms with Gasteiger partial charge in [-0.15, -0.1) is 0 Å². The average molecular weight is 398 g/mol. The highest BCUT2D eigenvalue weighted by atomic mass is 16.7. The summed E-state index contributed by atoms with van der Waals surface area (Å²) in [5.74, 6) is 1.12. The van der Waals surface area contributed by atoms with E-state index < -0.39 is 0 Å². The van der Waals surface area contributed by atoms with E-state index in [1.54, 1.807) is 0 Å². The number of carbonyl (C=O) groups is 2. The van der Waals surface area contributed by atoms with Crippen molar-refractivity contribution in [1.29, 1.82) is 0 Å². The fourth-order valence-electron chi connectivity index (χ4n) is 4.89. The average Bonchev–Trinajstić information content (AvgIpc) is 3.34. The van der Waals surface area contributed by atoms with Crippen molar-refractivity contribution < 1.29 is 23.8 Å². The van der Waals surface area contributed by atoms with Gasteiger partial charge in [-0.25, -0.2) is 0 Å². The number of fused-ring (bicyclic) bond motifs is 1. The number of allylic oxidation sites excluding steroid dienone is 2. The van der Waals surface area contributed by atoms with E-state index in [0.29, 0.717) is 17.9 Å². The molecule has 2 atom stereocenters. The molecule has 0 bridgehead atoms. The van der Waals surface area contributed by atoms with Crippen molar-refractivity contribution in [3.63, 3.8) is 0 Å². The van der Waals surface area contributed by atoms with Crippen molar-refractivity contribution in [3.05, 3.63) is 35.5 Å². The summed E-state index contributed by atoms with van der Waals surface area (Å²) >= 11 is 0. The van der Waals surface area contributed by atoms with Gasteiger partial charge >= 0.3 is 0 Å². The van der Waals surface area contributed by atoms with Crippen LogP contribution in [0.5, 0.6) is 11.5 Å². The standard InChI is InChI=1S/C22H26N2O5/c25-21-12-17(16-3-1-2-4-18(16)23-7-9-27-10-8-23)22(26)24(21)13-15-5-6-19-20(11-15)29-14-28-19/h4-6,11,16-17H,1-3,7-10,12-14H2/t16-,17+/m0/s1. The number of rotatable bonds is 4. The predicted molar refractivity (Wildman–Crippen MR) is 104 cm³/mol. The molecule has 154 valence electrons. The van der Waals surface area contributed by atoms with Gasteiger partial charge < -0.3 is 19.1 Å². The monoisotopic (exact) mass is 398 g/mol. The maximum atomic E-state index is 13.3. The minimum Gasteiger partial charge on any atom is -0.454 e. The number of nitrogens with zero attached hydrogens (tertiary/aromatic N) is 2. The summed E-state index contributed by atoms with van der Waals surface area (Å²) in [5, 5.41) is 0. The van der Waals surface area contributed by atoms with E-state index in [-0.39, 0.29) is 37.0 Å². The van der Waals surface area contributed by atoms with Gasteiger partial charge in [-0.05, 0) is 37.0 Å². The van der Waals surface area contributed by atoms with Gasteiger partial charge in [0.05, 0.1) is 25.7 Å². The van der Waals surface area contributed by atoms with Crippen LogP contribution in [0.2, 0.25) is 0 Å². The highest BCUT2D eigenvalue weighted by Gasteiger charge is 2.45. The van der Waals surface area contributed by atoms with Crippen LogP contribution in [0, 0.1) is 11.8 Å². The Kier molecular flexibility index (Phi) is 4.91. The smallest absolute Gasteiger partial charge is 0.233 e. The highest BCUT2D eigenvalue weighted by Crippen LogP contribution is 2.40. The second kappa shape index (κ2) is 7.71. The molecular weight excluding hydrogens is 372 g/mol. The number of hydrogen-bond donors (Lipinski definition) is 0. The Morgan fingerprint density at radius 3 is 2.72 bits per heavy atom. The molecule has 2 amide bonds. The molecule has 7 heteroatoms. The van der Waals surface area contributed by atoms with Gasteiger partial charge in [0.2, 0.25) is 18.6 Å². The zero-order valence-electron chi connectivity index (χ0n) is 16.5. The molecule has 3 aliphatic heterocycles. The van der Waals surface area contributed by atoms with Crippen LogP contribution in [0.15, 0.2) is 30.0 Å². The van der Waals surface area contributed by atoms with Crippen molar-refractivity contribution in [2.75, 3.05) is 33.1 Å². The lowest BCUT2D eigenvalue weighted by atomic mass is 9.80. The van der Waals surface area contributed by atoms with Gasteiger partial charge in [0.15, 0.2) is 11.5 Å². The third-order valence-electron chi connectivity index (χ3n) is 6.37. The third-order valence-corrected chi connectivity index (χ3v) is 6.37. The number of amides is 2. The summed E-state index contributed by atoms with van der Waals surface area (Å²) in [6, 6.07) is 5.58. The Labute approximate surface area is 170 Å². The van der Waals surface area contributed by atoms with Crippen LogP contribution in [-0.4, -0.2) is 54.7 Å². The van der Waals surface area contributed by atoms with E-state index in [1.165, 1.54) is 10.6 Å². The van der Waals surface area contributed by atoms with Crippen molar-refractivity contribution in [1.82, 2.24) is 9.80 Å². The number of likely N-dealkylation sites (tertiary alicyclic amines) is 1. The first-order chi connectivity index (χ1) is 14.2. The number of hydrogen-bond acceptors (Lipinski definition) is 6. The summed E-state index contributed by atoms with van der Waals surface area (Å²) in [6.07, 6.45) is 5.65. The molecule has 1 aromatic carbocycles. The lowest BCUT2D eigenvalue weighted by Crippen LogP contribution is -2.41. The summed E-state index contributed by atoms with van der Waals surface area (Å²) in [4.78, 5) is 29.8. The van der Waals surface area contributed by atoms with E-state index >= 15 is 0 Å². The van der Waals surface area contributed by atoms with Crippen LogP contribution < -0.4 is 9.47 Å². The van der Waals surface area contributed by atoms with Crippen LogP contribution in [0.1, 0.15) is 31.2 Å². The molecule has 1 aliphatic carbocycles. The van der Waals surface area contributed by atoms with Gasteiger partial charge in [0, 0.05) is 31.1 Å². The molecule has 1 aromatic rings. The maximum Gasteiger partial charge on any atom is 0.233 e. The second-order valence-corrected chi connectivity index (χ2v) is 8.08. The normalized spacial score (nSPS) is 26.8. The maximum absolute atomic E-state index is 13.3. The molecule has 2 fully saturated rings. The molecule has 4 aliphatic rings. The molecule has 2 saturated heterocycles. The predicted octanol–water partition coefficient (Wildman–Crippen LogP) is 2.31. The molecule has 7 nitrogen and oxygen atoms in total. The first-order valence-electron chi connectivity index (χ1n) is 10.5. The van der Waals surface area contributed by atoms with Crippen LogP contribution in [0.25, 0.3) is 0 Å². The zero-order chi connectivity index (χ0) is 19.8. The van der Waals surface area contributed by atoms with Gasteiger partial charge in [0.25, 0.3) is 0 Å². The number of benzene rings is 1. The number of carbonyl (C=O) groups excluding carboxylic acids is 2. The van der Waals surface area contributed by atoms with E-state index in [0.717, 1.165) is 51.1 Å². The summed E-state index contributed by atoms with van der Waals surface area (Å²) in [6.45, 7) is 3.65. The summed E-state index contributed by atoms with van der Waals surface area (Å²) in [7, 11) is 0. The molecule has 0 saturated carbocycles. The van der Waals surface area contributed by atoms with E-state index in [1.807, 2.05) is 18.2 Å². The highest BCUT2D eigenvalue weighted by molar-refractivity contribution is 6.03. The Balaban J connectivity index is 1.33. The first-order valence-corrected chi connectivity index (χ1v) is 10.5. The van der Waals surface area contributed by atoms with Crippen LogP contribution >= 0.6 is 0 Å². The van der Waals surface area contributed by atoms with Crippen molar-refractivity contribution >= 4 is 11.8 Å². The van der Waals surface area contributed by atoms with Crippen LogP contribution in [-0.2, 0) is 20.9 Å². The molecule has 0 aromatic heterocycles. The Morgan fingerprint density at radius 1 is 1.03 bits per heavy atom. The Bertz CT molecular complexity index is 846. The van der Waals surface area contributed by atoms with Crippen molar-refractivity contribution in [3.8, 4) is 11.5 Å². The van der Waals surface area contributed by atoms with Crippen LogP contribution in [0.4, 0.5) is 0 Å². The summed E-state index contributed by atoms with van der Waals surface area (Å²) in [5.41, 5.74) is 2.12. The molecule has 0 unspecified atom stereocenters. The Morgan fingerprint density at radius 2 is 1.86 bits per heavy atom. The molecule has 3 heterocycles. The van der Waals surface area contributed by atoms with Crippen molar-refractivity contribution in [2.24, 2.45) is 11.8 Å². The quantitative estimate of drug-likeness (QED) is 0.725.